The van der Waals surface area contributed by atoms with Crippen molar-refractivity contribution in [1.29, 1.82) is 0 Å². The van der Waals surface area contributed by atoms with E-state index in [4.69, 9.17) is 16.3 Å². The molecule has 0 spiro atoms. The molecule has 2 aromatic rings. The van der Waals surface area contributed by atoms with Crippen molar-refractivity contribution in [3.8, 4) is 0 Å². The maximum Gasteiger partial charge on any atom is 0.319 e. The standard InChI is InChI=1S/C18H21ClN2O2/c19-16-8-4-9-17(14-16)21-18(22)20-11-5-12-23-13-10-15-6-2-1-3-7-15/h1-4,6-9,14H,5,10-13H2,(H2,20,21,22). The van der Waals surface area contributed by atoms with E-state index in [1.165, 1.54) is 5.56 Å². The number of urea groups is 1. The van der Waals surface area contributed by atoms with Crippen LogP contribution in [-0.2, 0) is 11.2 Å². The lowest BCUT2D eigenvalue weighted by atomic mass is 10.2. The van der Waals surface area contributed by atoms with Gasteiger partial charge in [0, 0.05) is 23.9 Å². The predicted molar refractivity (Wildman–Crippen MR) is 94.1 cm³/mol. The summed E-state index contributed by atoms with van der Waals surface area (Å²) >= 11 is 5.86. The van der Waals surface area contributed by atoms with Crippen LogP contribution in [0.1, 0.15) is 12.0 Å². The summed E-state index contributed by atoms with van der Waals surface area (Å²) in [5.74, 6) is 0. The van der Waals surface area contributed by atoms with Gasteiger partial charge in [0.25, 0.3) is 0 Å². The zero-order valence-corrected chi connectivity index (χ0v) is 13.7. The predicted octanol–water partition coefficient (Wildman–Crippen LogP) is 4.11. The number of amides is 2. The van der Waals surface area contributed by atoms with Gasteiger partial charge in [-0.3, -0.25) is 0 Å². The third-order valence-electron chi connectivity index (χ3n) is 3.21. The third kappa shape index (κ3) is 7.17. The molecular weight excluding hydrogens is 312 g/mol. The van der Waals surface area contributed by atoms with Crippen LogP contribution in [0, 0.1) is 0 Å². The highest BCUT2D eigenvalue weighted by molar-refractivity contribution is 6.30. The molecule has 0 radical (unpaired) electrons. The smallest absolute Gasteiger partial charge is 0.319 e. The molecule has 2 amide bonds. The highest BCUT2D eigenvalue weighted by atomic mass is 35.5. The molecule has 5 heteroatoms. The molecule has 0 atom stereocenters. The van der Waals surface area contributed by atoms with Crippen molar-refractivity contribution >= 4 is 23.3 Å². The number of rotatable bonds is 8. The van der Waals surface area contributed by atoms with Crippen LogP contribution in [0.3, 0.4) is 0 Å². The summed E-state index contributed by atoms with van der Waals surface area (Å²) in [7, 11) is 0. The molecule has 4 nitrogen and oxygen atoms in total. The lowest BCUT2D eigenvalue weighted by Gasteiger charge is -2.08. The van der Waals surface area contributed by atoms with Crippen molar-refractivity contribution < 1.29 is 9.53 Å². The number of carbonyl (C=O) groups excluding carboxylic acids is 1. The summed E-state index contributed by atoms with van der Waals surface area (Å²) in [4.78, 5) is 11.7. The molecule has 2 rings (SSSR count). The van der Waals surface area contributed by atoms with E-state index in [0.29, 0.717) is 30.5 Å². The van der Waals surface area contributed by atoms with Gasteiger partial charge in [-0.1, -0.05) is 48.0 Å². The molecule has 0 aliphatic heterocycles. The molecule has 0 bridgehead atoms. The quantitative estimate of drug-likeness (QED) is 0.715. The molecule has 0 unspecified atom stereocenters. The van der Waals surface area contributed by atoms with Crippen molar-refractivity contribution in [2.45, 2.75) is 12.8 Å². The fraction of sp³-hybridized carbons (Fsp3) is 0.278. The number of nitrogens with one attached hydrogen (secondary N) is 2. The number of hydrogen-bond acceptors (Lipinski definition) is 2. The van der Waals surface area contributed by atoms with Crippen molar-refractivity contribution in [3.05, 3.63) is 65.2 Å². The average molecular weight is 333 g/mol. The fourth-order valence-electron chi connectivity index (χ4n) is 2.05. The molecule has 23 heavy (non-hydrogen) atoms. The minimum Gasteiger partial charge on any atom is -0.381 e. The summed E-state index contributed by atoms with van der Waals surface area (Å²) in [6.07, 6.45) is 1.68. The van der Waals surface area contributed by atoms with Crippen LogP contribution in [0.2, 0.25) is 5.02 Å². The molecule has 0 heterocycles. The first-order valence-corrected chi connectivity index (χ1v) is 8.04. The Morgan fingerprint density at radius 2 is 1.87 bits per heavy atom. The number of anilines is 1. The second-order valence-corrected chi connectivity index (χ2v) is 5.53. The summed E-state index contributed by atoms with van der Waals surface area (Å²) in [5.41, 5.74) is 1.95. The molecule has 0 saturated heterocycles. The Labute approximate surface area is 141 Å². The van der Waals surface area contributed by atoms with Crippen LogP contribution in [0.4, 0.5) is 10.5 Å². The van der Waals surface area contributed by atoms with Crippen LogP contribution in [0.15, 0.2) is 54.6 Å². The maximum atomic E-state index is 11.7. The van der Waals surface area contributed by atoms with Gasteiger partial charge in [0.15, 0.2) is 0 Å². The number of hydrogen-bond donors (Lipinski definition) is 2. The number of benzene rings is 2. The van der Waals surface area contributed by atoms with Crippen LogP contribution in [0.25, 0.3) is 0 Å². The molecule has 2 aromatic carbocycles. The summed E-state index contributed by atoms with van der Waals surface area (Å²) < 4.78 is 5.56. The Hall–Kier alpha value is -2.04. The molecule has 0 aromatic heterocycles. The van der Waals surface area contributed by atoms with Gasteiger partial charge in [-0.2, -0.15) is 0 Å². The first-order chi connectivity index (χ1) is 11.2. The first kappa shape index (κ1) is 17.3. The monoisotopic (exact) mass is 332 g/mol. The average Bonchev–Trinajstić information content (AvgIpc) is 2.55. The molecule has 2 N–H and O–H groups in total. The summed E-state index contributed by atoms with van der Waals surface area (Å²) in [6, 6.07) is 17.0. The number of carbonyl (C=O) groups is 1. The van der Waals surface area contributed by atoms with Gasteiger partial charge in [0.05, 0.1) is 6.61 Å². The topological polar surface area (TPSA) is 50.4 Å². The summed E-state index contributed by atoms with van der Waals surface area (Å²) in [5, 5.41) is 6.11. The summed E-state index contributed by atoms with van der Waals surface area (Å²) in [6.45, 7) is 1.89. The van der Waals surface area contributed by atoms with Crippen molar-refractivity contribution in [2.75, 3.05) is 25.1 Å². The zero-order chi connectivity index (χ0) is 16.3. The molecule has 122 valence electrons. The van der Waals surface area contributed by atoms with Crippen molar-refractivity contribution in [1.82, 2.24) is 5.32 Å². The normalized spacial score (nSPS) is 10.3. The number of ether oxygens (including phenoxy) is 1. The lowest BCUT2D eigenvalue weighted by molar-refractivity contribution is 0.135. The van der Waals surface area contributed by atoms with E-state index >= 15 is 0 Å². The highest BCUT2D eigenvalue weighted by Gasteiger charge is 2.01. The van der Waals surface area contributed by atoms with E-state index in [0.717, 1.165) is 12.8 Å². The molecule has 0 fully saturated rings. The van der Waals surface area contributed by atoms with E-state index in [1.807, 2.05) is 18.2 Å². The Bertz CT molecular complexity index is 605. The van der Waals surface area contributed by atoms with E-state index in [2.05, 4.69) is 22.8 Å². The molecule has 0 aliphatic rings. The minimum absolute atomic E-state index is 0.239. The van der Waals surface area contributed by atoms with Crippen LogP contribution in [-0.4, -0.2) is 25.8 Å². The van der Waals surface area contributed by atoms with E-state index in [-0.39, 0.29) is 6.03 Å². The highest BCUT2D eigenvalue weighted by Crippen LogP contribution is 2.14. The SMILES string of the molecule is O=C(NCCCOCCc1ccccc1)Nc1cccc(Cl)c1. The first-order valence-electron chi connectivity index (χ1n) is 7.66. The Morgan fingerprint density at radius 3 is 2.65 bits per heavy atom. The van der Waals surface area contributed by atoms with Gasteiger partial charge in [-0.15, -0.1) is 0 Å². The van der Waals surface area contributed by atoms with Crippen LogP contribution in [0.5, 0.6) is 0 Å². The lowest BCUT2D eigenvalue weighted by Crippen LogP contribution is -2.30. The molecule has 0 saturated carbocycles. The third-order valence-corrected chi connectivity index (χ3v) is 3.45. The van der Waals surface area contributed by atoms with Crippen LogP contribution < -0.4 is 10.6 Å². The second kappa shape index (κ2) is 9.87. The fourth-order valence-corrected chi connectivity index (χ4v) is 2.24. The minimum atomic E-state index is -0.239. The van der Waals surface area contributed by atoms with Crippen molar-refractivity contribution in [3.63, 3.8) is 0 Å². The second-order valence-electron chi connectivity index (χ2n) is 5.09. The van der Waals surface area contributed by atoms with Gasteiger partial charge >= 0.3 is 6.03 Å². The van der Waals surface area contributed by atoms with Gasteiger partial charge < -0.3 is 15.4 Å². The van der Waals surface area contributed by atoms with Crippen LogP contribution >= 0.6 is 11.6 Å². The maximum absolute atomic E-state index is 11.7. The van der Waals surface area contributed by atoms with Gasteiger partial charge in [-0.05, 0) is 36.6 Å². The van der Waals surface area contributed by atoms with E-state index in [9.17, 15) is 4.79 Å². The Kier molecular flexibility index (Phi) is 7.43. The zero-order valence-electron chi connectivity index (χ0n) is 12.9. The number of halogens is 1. The molecular formula is C18H21ClN2O2. The van der Waals surface area contributed by atoms with Gasteiger partial charge in [0.2, 0.25) is 0 Å². The van der Waals surface area contributed by atoms with Gasteiger partial charge in [-0.25, -0.2) is 4.79 Å². The Balaban J connectivity index is 1.51. The van der Waals surface area contributed by atoms with Crippen molar-refractivity contribution in [2.24, 2.45) is 0 Å². The largest absolute Gasteiger partial charge is 0.381 e. The van der Waals surface area contributed by atoms with E-state index < -0.39 is 0 Å². The van der Waals surface area contributed by atoms with E-state index in [1.54, 1.807) is 24.3 Å². The van der Waals surface area contributed by atoms with Gasteiger partial charge in [0.1, 0.15) is 0 Å². The Morgan fingerprint density at radius 1 is 1.04 bits per heavy atom. The molecule has 0 aliphatic carbocycles.